The first-order valence-electron chi connectivity index (χ1n) is 5.52. The number of aromatic nitrogens is 3. The van der Waals surface area contributed by atoms with E-state index in [1.807, 2.05) is 5.38 Å². The summed E-state index contributed by atoms with van der Waals surface area (Å²) in [7, 11) is 0. The zero-order valence-corrected chi connectivity index (χ0v) is 10.5. The molecule has 2 aromatic heterocycles. The van der Waals surface area contributed by atoms with Gasteiger partial charge in [-0.15, -0.1) is 16.4 Å². The lowest BCUT2D eigenvalue weighted by Crippen LogP contribution is -2.13. The fourth-order valence-electron chi connectivity index (χ4n) is 1.26. The van der Waals surface area contributed by atoms with Gasteiger partial charge in [-0.2, -0.15) is 0 Å². The second-order valence-electron chi connectivity index (χ2n) is 3.51. The first-order chi connectivity index (χ1) is 8.38. The Hall–Kier alpha value is -1.47. The van der Waals surface area contributed by atoms with Crippen LogP contribution in [0.25, 0.3) is 0 Å². The van der Waals surface area contributed by atoms with Crippen LogP contribution in [0.4, 0.5) is 6.01 Å². The summed E-state index contributed by atoms with van der Waals surface area (Å²) in [5, 5.41) is 16.0. The van der Waals surface area contributed by atoms with Crippen molar-refractivity contribution >= 4 is 17.4 Å². The Labute approximate surface area is 103 Å². The van der Waals surface area contributed by atoms with E-state index in [4.69, 9.17) is 4.42 Å². The molecule has 0 unspecified atom stereocenters. The molecule has 17 heavy (non-hydrogen) atoms. The minimum atomic E-state index is 0.436. The van der Waals surface area contributed by atoms with Gasteiger partial charge in [0.2, 0.25) is 5.89 Å². The van der Waals surface area contributed by atoms with Gasteiger partial charge >= 0.3 is 6.01 Å². The van der Waals surface area contributed by atoms with E-state index in [0.717, 1.165) is 18.7 Å². The van der Waals surface area contributed by atoms with Gasteiger partial charge < -0.3 is 15.1 Å². The second kappa shape index (κ2) is 6.31. The van der Waals surface area contributed by atoms with Crippen molar-refractivity contribution in [2.45, 2.75) is 26.4 Å². The molecule has 92 valence electrons. The third kappa shape index (κ3) is 3.79. The predicted molar refractivity (Wildman–Crippen MR) is 65.7 cm³/mol. The lowest BCUT2D eigenvalue weighted by molar-refractivity contribution is 0.476. The molecule has 7 heteroatoms. The van der Waals surface area contributed by atoms with Crippen LogP contribution >= 0.6 is 11.3 Å². The summed E-state index contributed by atoms with van der Waals surface area (Å²) in [6.45, 7) is 4.28. The SMILES string of the molecule is CCCNCc1nnc(NCc2cscn2)o1. The number of hydrogen-bond donors (Lipinski definition) is 2. The van der Waals surface area contributed by atoms with E-state index in [1.165, 1.54) is 0 Å². The van der Waals surface area contributed by atoms with E-state index in [9.17, 15) is 0 Å². The minimum absolute atomic E-state index is 0.436. The van der Waals surface area contributed by atoms with Crippen molar-refractivity contribution in [2.24, 2.45) is 0 Å². The third-order valence-electron chi connectivity index (χ3n) is 2.07. The number of nitrogens with zero attached hydrogens (tertiary/aromatic N) is 3. The summed E-state index contributed by atoms with van der Waals surface area (Å²) in [6, 6.07) is 0.436. The van der Waals surface area contributed by atoms with Crippen LogP contribution in [0.1, 0.15) is 24.9 Å². The van der Waals surface area contributed by atoms with E-state index in [2.05, 4.69) is 32.7 Å². The maximum atomic E-state index is 5.41. The zero-order valence-electron chi connectivity index (χ0n) is 9.64. The van der Waals surface area contributed by atoms with Crippen LogP contribution in [0.2, 0.25) is 0 Å². The Morgan fingerprint density at radius 1 is 1.35 bits per heavy atom. The smallest absolute Gasteiger partial charge is 0.315 e. The van der Waals surface area contributed by atoms with E-state index in [1.54, 1.807) is 16.8 Å². The summed E-state index contributed by atoms with van der Waals surface area (Å²) >= 11 is 1.57. The van der Waals surface area contributed by atoms with Crippen LogP contribution in [0, 0.1) is 0 Å². The van der Waals surface area contributed by atoms with Crippen molar-refractivity contribution in [3.63, 3.8) is 0 Å². The van der Waals surface area contributed by atoms with Gasteiger partial charge in [0.1, 0.15) is 0 Å². The summed E-state index contributed by atoms with van der Waals surface area (Å²) in [4.78, 5) is 4.15. The number of rotatable bonds is 7. The van der Waals surface area contributed by atoms with Gasteiger partial charge in [-0.05, 0) is 13.0 Å². The minimum Gasteiger partial charge on any atom is -0.407 e. The van der Waals surface area contributed by atoms with Gasteiger partial charge in [0.05, 0.1) is 24.3 Å². The molecule has 0 amide bonds. The zero-order chi connectivity index (χ0) is 11.9. The van der Waals surface area contributed by atoms with Crippen LogP contribution in [0.15, 0.2) is 15.3 Å². The molecule has 0 saturated heterocycles. The predicted octanol–water partition coefficient (Wildman–Crippen LogP) is 1.64. The molecule has 0 aliphatic carbocycles. The van der Waals surface area contributed by atoms with Crippen LogP contribution < -0.4 is 10.6 Å². The maximum Gasteiger partial charge on any atom is 0.315 e. The van der Waals surface area contributed by atoms with Crippen LogP contribution in [0.3, 0.4) is 0 Å². The molecule has 0 aliphatic heterocycles. The Balaban J connectivity index is 1.77. The largest absolute Gasteiger partial charge is 0.407 e. The topological polar surface area (TPSA) is 75.9 Å². The van der Waals surface area contributed by atoms with Gasteiger partial charge in [0.25, 0.3) is 0 Å². The highest BCUT2D eigenvalue weighted by molar-refractivity contribution is 7.07. The first kappa shape index (κ1) is 12.0. The molecule has 2 heterocycles. The van der Waals surface area contributed by atoms with Gasteiger partial charge in [-0.1, -0.05) is 12.0 Å². The van der Waals surface area contributed by atoms with E-state index < -0.39 is 0 Å². The van der Waals surface area contributed by atoms with E-state index >= 15 is 0 Å². The fourth-order valence-corrected chi connectivity index (χ4v) is 1.82. The second-order valence-corrected chi connectivity index (χ2v) is 4.23. The number of anilines is 1. The Morgan fingerprint density at radius 2 is 2.29 bits per heavy atom. The van der Waals surface area contributed by atoms with Gasteiger partial charge in [-0.3, -0.25) is 0 Å². The monoisotopic (exact) mass is 253 g/mol. The quantitative estimate of drug-likeness (QED) is 0.731. The van der Waals surface area contributed by atoms with Gasteiger partial charge in [0.15, 0.2) is 0 Å². The molecule has 0 fully saturated rings. The molecular formula is C10H15N5OS. The molecule has 2 N–H and O–H groups in total. The lowest BCUT2D eigenvalue weighted by atomic mass is 10.5. The van der Waals surface area contributed by atoms with Crippen molar-refractivity contribution < 1.29 is 4.42 Å². The molecular weight excluding hydrogens is 238 g/mol. The highest BCUT2D eigenvalue weighted by atomic mass is 32.1. The molecule has 0 aromatic carbocycles. The first-order valence-corrected chi connectivity index (χ1v) is 6.47. The average molecular weight is 253 g/mol. The highest BCUT2D eigenvalue weighted by Crippen LogP contribution is 2.08. The van der Waals surface area contributed by atoms with E-state index in [-0.39, 0.29) is 0 Å². The molecule has 6 nitrogen and oxygen atoms in total. The molecule has 0 radical (unpaired) electrons. The van der Waals surface area contributed by atoms with Crippen molar-refractivity contribution in [1.29, 1.82) is 0 Å². The van der Waals surface area contributed by atoms with Gasteiger partial charge in [-0.25, -0.2) is 4.98 Å². The van der Waals surface area contributed by atoms with Crippen molar-refractivity contribution in [3.05, 3.63) is 22.5 Å². The summed E-state index contributed by atoms with van der Waals surface area (Å²) < 4.78 is 5.41. The molecule has 0 aliphatic rings. The summed E-state index contributed by atoms with van der Waals surface area (Å²) in [5.74, 6) is 0.597. The Morgan fingerprint density at radius 3 is 3.06 bits per heavy atom. The van der Waals surface area contributed by atoms with Crippen LogP contribution in [0.5, 0.6) is 0 Å². The molecule has 0 atom stereocenters. The van der Waals surface area contributed by atoms with E-state index in [0.29, 0.717) is 25.0 Å². The van der Waals surface area contributed by atoms with Crippen molar-refractivity contribution in [1.82, 2.24) is 20.5 Å². The molecule has 0 spiro atoms. The Kier molecular flexibility index (Phi) is 4.45. The number of thiazole rings is 1. The van der Waals surface area contributed by atoms with Gasteiger partial charge in [0, 0.05) is 5.38 Å². The van der Waals surface area contributed by atoms with Crippen LogP contribution in [-0.4, -0.2) is 21.7 Å². The number of nitrogens with one attached hydrogen (secondary N) is 2. The Bertz CT molecular complexity index is 428. The fraction of sp³-hybridized carbons (Fsp3) is 0.500. The molecule has 0 bridgehead atoms. The molecule has 0 saturated carbocycles. The lowest BCUT2D eigenvalue weighted by Gasteiger charge is -1.98. The highest BCUT2D eigenvalue weighted by Gasteiger charge is 2.05. The van der Waals surface area contributed by atoms with Crippen molar-refractivity contribution in [2.75, 3.05) is 11.9 Å². The summed E-state index contributed by atoms with van der Waals surface area (Å²) in [6.07, 6.45) is 1.09. The van der Waals surface area contributed by atoms with Crippen molar-refractivity contribution in [3.8, 4) is 0 Å². The third-order valence-corrected chi connectivity index (χ3v) is 2.71. The van der Waals surface area contributed by atoms with Crippen LogP contribution in [-0.2, 0) is 13.1 Å². The average Bonchev–Trinajstić information content (AvgIpc) is 2.98. The molecule has 2 rings (SSSR count). The standard InChI is InChI=1S/C10H15N5OS/c1-2-3-11-5-9-14-15-10(16-9)12-4-8-6-17-7-13-8/h6-7,11H,2-5H2,1H3,(H,12,15). The number of hydrogen-bond acceptors (Lipinski definition) is 7. The molecule has 2 aromatic rings. The normalized spacial score (nSPS) is 10.6. The summed E-state index contributed by atoms with van der Waals surface area (Å²) in [5.41, 5.74) is 2.77. The maximum absolute atomic E-state index is 5.41.